The molecule has 26 heteroatoms. The molecule has 26 nitrogen and oxygen atoms in total. The van der Waals surface area contributed by atoms with Crippen LogP contribution in [0.5, 0.6) is 0 Å². The molecule has 12 atom stereocenters. The van der Waals surface area contributed by atoms with Gasteiger partial charge < -0.3 is 60.9 Å². The number of amides is 7. The van der Waals surface area contributed by atoms with Gasteiger partial charge in [-0.3, -0.25) is 48.1 Å². The van der Waals surface area contributed by atoms with Gasteiger partial charge in [0.15, 0.2) is 11.6 Å². The van der Waals surface area contributed by atoms with Gasteiger partial charge in [-0.2, -0.15) is 0 Å². The number of hydrogen-bond acceptors (Lipinski definition) is 18. The summed E-state index contributed by atoms with van der Waals surface area (Å²) in [7, 11) is 7.26. The van der Waals surface area contributed by atoms with Crippen LogP contribution in [0.2, 0.25) is 0 Å². The molecule has 0 radical (unpaired) electrons. The van der Waals surface area contributed by atoms with Crippen molar-refractivity contribution < 1.29 is 72.0 Å². The van der Waals surface area contributed by atoms with Gasteiger partial charge in [-0.25, -0.2) is 9.48 Å². The number of benzene rings is 2. The highest BCUT2D eigenvalue weighted by Gasteiger charge is 2.44. The molecule has 3 aromatic rings. The van der Waals surface area contributed by atoms with Crippen LogP contribution in [0.4, 0.5) is 4.79 Å². The van der Waals surface area contributed by atoms with Crippen molar-refractivity contribution >= 4 is 59.1 Å². The number of esters is 1. The highest BCUT2D eigenvalue weighted by Crippen LogP contribution is 2.30. The maximum Gasteiger partial charge on any atom is 0.410 e. The third kappa shape index (κ3) is 22.5. The number of aliphatic hydroxyl groups excluding tert-OH is 1. The molecule has 0 bridgehead atoms. The Morgan fingerprint density at radius 3 is 1.91 bits per heavy atom. The fourth-order valence-electron chi connectivity index (χ4n) is 12.0. The van der Waals surface area contributed by atoms with Crippen LogP contribution in [0.15, 0.2) is 60.8 Å². The van der Waals surface area contributed by atoms with Gasteiger partial charge in [0.1, 0.15) is 31.3 Å². The number of carbonyl (C=O) groups excluding carboxylic acids is 10. The third-order valence-electron chi connectivity index (χ3n) is 17.3. The molecule has 7 N–H and O–H groups in total. The van der Waals surface area contributed by atoms with E-state index in [2.05, 4.69) is 31.6 Å². The van der Waals surface area contributed by atoms with Crippen molar-refractivity contribution in [1.82, 2.24) is 51.0 Å². The van der Waals surface area contributed by atoms with Crippen molar-refractivity contribution in [3.8, 4) is 0 Å². The van der Waals surface area contributed by atoms with E-state index < -0.39 is 132 Å². The van der Waals surface area contributed by atoms with E-state index in [-0.39, 0.29) is 75.5 Å². The van der Waals surface area contributed by atoms with Crippen molar-refractivity contribution in [2.75, 3.05) is 48.5 Å². The zero-order valence-electron chi connectivity index (χ0n) is 57.2. The second-order valence-corrected chi connectivity index (χ2v) is 25.8. The van der Waals surface area contributed by atoms with Crippen LogP contribution >= 0.6 is 0 Å². The van der Waals surface area contributed by atoms with Crippen LogP contribution in [0.1, 0.15) is 136 Å². The van der Waals surface area contributed by atoms with E-state index in [1.54, 1.807) is 117 Å². The van der Waals surface area contributed by atoms with Gasteiger partial charge in [-0.15, -0.1) is 5.10 Å². The van der Waals surface area contributed by atoms with Crippen molar-refractivity contribution in [1.29, 1.82) is 0 Å². The first-order valence-electron chi connectivity index (χ1n) is 32.1. The number of likely N-dealkylation sites (N-methyl/N-ethyl adjacent to an activating group) is 2. The molecule has 516 valence electrons. The SMILES string of the molecule is COC(=O)CC[C@H](NC(=O)Cn1cc(C)nn1)C(=O)C[C@H](C(=O)N[C@@H](CN)C(=O)Cc1ccc(COC(=O)N(C)[C@H](C(=O)N[C@H](C(=O)N(C)[C@@H](C(C)C)[C@@H](CC(=O)N2CCC[C@H]2[C@H](OC)[C@@H](C)C(=O)N[C@H](C)[C@@H](O)c2ccccc2)OC)C(C)C)C(C)C)cc1)C(C)C. The van der Waals surface area contributed by atoms with Gasteiger partial charge in [0.05, 0.1) is 67.6 Å². The number of Topliss-reactive ketones (excluding diaryl/α,β-unsaturated/α-hetero) is 2. The molecule has 1 aromatic heterocycles. The number of methoxy groups -OCH3 is 3. The lowest BCUT2D eigenvalue weighted by atomic mass is 9.87. The number of likely N-dealkylation sites (tertiary alicyclic amines) is 1. The molecule has 0 aliphatic carbocycles. The van der Waals surface area contributed by atoms with Gasteiger partial charge in [0.2, 0.25) is 35.4 Å². The molecular formula is C67H103N11O15. The lowest BCUT2D eigenvalue weighted by molar-refractivity contribution is -0.147. The number of nitrogens with zero attached hydrogens (tertiary/aromatic N) is 6. The summed E-state index contributed by atoms with van der Waals surface area (Å²) in [5.74, 6) is -7.30. The monoisotopic (exact) mass is 1300 g/mol. The number of aryl methyl sites for hydroxylation is 1. The van der Waals surface area contributed by atoms with Crippen LogP contribution in [0, 0.1) is 42.4 Å². The lowest BCUT2D eigenvalue weighted by Gasteiger charge is -2.40. The van der Waals surface area contributed by atoms with Crippen molar-refractivity contribution in [3.05, 3.63) is 83.2 Å². The third-order valence-corrected chi connectivity index (χ3v) is 17.3. The van der Waals surface area contributed by atoms with Crippen LogP contribution in [-0.2, 0) is 81.7 Å². The van der Waals surface area contributed by atoms with Crippen LogP contribution in [-0.4, -0.2) is 197 Å². The average Bonchev–Trinajstić information content (AvgIpc) is 1.87. The van der Waals surface area contributed by atoms with Gasteiger partial charge >= 0.3 is 12.1 Å². The molecule has 1 fully saturated rings. The highest BCUT2D eigenvalue weighted by molar-refractivity contribution is 5.95. The van der Waals surface area contributed by atoms with E-state index in [0.717, 1.165) is 0 Å². The van der Waals surface area contributed by atoms with Gasteiger partial charge in [0, 0.05) is 72.8 Å². The summed E-state index contributed by atoms with van der Waals surface area (Å²) in [6.45, 7) is 19.4. The molecule has 7 amide bonds. The quantitative estimate of drug-likeness (QED) is 0.0444. The molecule has 2 heterocycles. The van der Waals surface area contributed by atoms with Gasteiger partial charge in [-0.05, 0) is 73.5 Å². The molecule has 1 saturated heterocycles. The maximum absolute atomic E-state index is 14.7. The number of ketones is 2. The number of nitrogens with one attached hydrogen (secondary N) is 4. The van der Waals surface area contributed by atoms with Crippen LogP contribution in [0.25, 0.3) is 0 Å². The number of rotatable bonds is 37. The second-order valence-electron chi connectivity index (χ2n) is 25.8. The minimum atomic E-state index is -1.13. The first-order valence-corrected chi connectivity index (χ1v) is 32.1. The minimum Gasteiger partial charge on any atom is -0.469 e. The molecule has 0 saturated carbocycles. The number of ether oxygens (including phenoxy) is 4. The predicted octanol–water partition coefficient (Wildman–Crippen LogP) is 4.01. The molecule has 93 heavy (non-hydrogen) atoms. The Kier molecular flexibility index (Phi) is 31.2. The van der Waals surface area contributed by atoms with Gasteiger partial charge in [0.25, 0.3) is 0 Å². The summed E-state index contributed by atoms with van der Waals surface area (Å²) < 4.78 is 23.7. The summed E-state index contributed by atoms with van der Waals surface area (Å²) >= 11 is 0. The zero-order chi connectivity index (χ0) is 69.6. The average molecular weight is 1300 g/mol. The summed E-state index contributed by atoms with van der Waals surface area (Å²) in [6, 6.07) is 9.66. The summed E-state index contributed by atoms with van der Waals surface area (Å²) in [4.78, 5) is 141. The van der Waals surface area contributed by atoms with Crippen molar-refractivity contribution in [2.24, 2.45) is 41.2 Å². The summed E-state index contributed by atoms with van der Waals surface area (Å²) in [5, 5.41) is 29.9. The fourth-order valence-corrected chi connectivity index (χ4v) is 12.0. The molecule has 0 spiro atoms. The van der Waals surface area contributed by atoms with Crippen LogP contribution in [0.3, 0.4) is 0 Å². The summed E-state index contributed by atoms with van der Waals surface area (Å²) in [6.07, 6.45) is -1.15. The molecular weight excluding hydrogens is 1200 g/mol. The molecule has 1 aliphatic heterocycles. The number of aromatic nitrogens is 3. The number of nitrogens with two attached hydrogens (primary N) is 1. The topological polar surface area (TPSA) is 342 Å². The molecule has 4 rings (SSSR count). The first kappa shape index (κ1) is 77.8. The zero-order valence-corrected chi connectivity index (χ0v) is 57.2. The second kappa shape index (κ2) is 37.3. The maximum atomic E-state index is 14.7. The Morgan fingerprint density at radius 1 is 0.720 bits per heavy atom. The molecule has 2 aromatic carbocycles. The normalized spacial score (nSPS) is 16.8. The first-order chi connectivity index (χ1) is 43.9. The van der Waals surface area contributed by atoms with Gasteiger partial charge in [-0.1, -0.05) is 122 Å². The van der Waals surface area contributed by atoms with Crippen molar-refractivity contribution in [2.45, 2.75) is 195 Å². The van der Waals surface area contributed by atoms with Crippen molar-refractivity contribution in [3.63, 3.8) is 0 Å². The standard InChI is InChI=1S/C67H103N11O15/c1-38(2)48(32-53(80)49(28-29-57(83)91-15)70-55(81)36-77-35-42(9)73-74-77)64(86)71-50(34-68)52(79)31-45-24-26-46(27-25-45)37-93-67(89)76(13)60(41(7)8)65(87)72-58(39(3)4)66(88)75(12)59(40(5)6)54(90-14)33-56(82)78-30-20-23-51(78)62(92-16)43(10)63(85)69-44(11)61(84)47-21-18-17-19-22-47/h17-19,21-22,24-27,35,38-41,43-44,48-51,54,58-62,84H,20,23,28-34,36-37,68H2,1-16H3,(H,69,85)(H,70,81)(H,71,86)(H,72,87)/t43-,44-,48+,49+,50+,51+,54-,58+,59+,60+,61-,62-/m1/s1. The Morgan fingerprint density at radius 2 is 1.37 bits per heavy atom. The van der Waals surface area contributed by atoms with E-state index >= 15 is 0 Å². The largest absolute Gasteiger partial charge is 0.469 e. The Balaban J connectivity index is 1.35. The Bertz CT molecular complexity index is 2960. The number of hydrogen-bond donors (Lipinski definition) is 6. The predicted molar refractivity (Wildman–Crippen MR) is 346 cm³/mol. The highest BCUT2D eigenvalue weighted by atomic mass is 16.6. The summed E-state index contributed by atoms with van der Waals surface area (Å²) in [5.41, 5.74) is 8.40. The van der Waals surface area contributed by atoms with E-state index in [1.165, 1.54) is 42.9 Å². The van der Waals surface area contributed by atoms with E-state index in [4.69, 9.17) is 24.7 Å². The van der Waals surface area contributed by atoms with E-state index in [0.29, 0.717) is 41.8 Å². The smallest absolute Gasteiger partial charge is 0.410 e. The fraction of sp³-hybridized carbons (Fsp3) is 0.642. The number of carbonyl (C=O) groups is 10. The number of aliphatic hydroxyl groups is 1. The van der Waals surface area contributed by atoms with E-state index in [9.17, 15) is 53.1 Å². The van der Waals surface area contributed by atoms with E-state index in [1.807, 2.05) is 32.0 Å². The molecule has 1 aliphatic rings. The lowest BCUT2D eigenvalue weighted by Crippen LogP contribution is -2.60. The van der Waals surface area contributed by atoms with Crippen LogP contribution < -0.4 is 27.0 Å². The Hall–Kier alpha value is -7.68. The molecule has 0 unspecified atom stereocenters. The minimum absolute atomic E-state index is 0.0794. The Labute approximate surface area is 547 Å².